The largest absolute Gasteiger partial charge is 0.302 e. The third kappa shape index (κ3) is 1.17. The second kappa shape index (κ2) is 2.33. The predicted molar refractivity (Wildman–Crippen MR) is 30.3 cm³/mol. The second-order valence-electron chi connectivity index (χ2n) is 1.46. The highest BCUT2D eigenvalue weighted by Gasteiger charge is 2.11. The van der Waals surface area contributed by atoms with Gasteiger partial charge in [-0.1, -0.05) is 0 Å². The average Bonchev–Trinajstić information content (AvgIpc) is 2.14. The van der Waals surface area contributed by atoms with Gasteiger partial charge < -0.3 is 4.79 Å². The van der Waals surface area contributed by atoms with Crippen LogP contribution in [0.15, 0.2) is 0 Å². The summed E-state index contributed by atoms with van der Waals surface area (Å²) in [5, 5.41) is 3.00. The molecule has 40 valence electrons. The van der Waals surface area contributed by atoms with Gasteiger partial charge in [0.05, 0.1) is 6.04 Å². The van der Waals surface area contributed by atoms with Crippen LogP contribution in [0.3, 0.4) is 0 Å². The quantitative estimate of drug-likeness (QED) is 0.484. The normalized spacial score (nSPS) is 30.6. The highest BCUT2D eigenvalue weighted by Crippen LogP contribution is 2.06. The van der Waals surface area contributed by atoms with Crippen LogP contribution in [0.1, 0.15) is 0 Å². The molecule has 0 bridgehead atoms. The molecule has 0 amide bonds. The highest BCUT2D eigenvalue weighted by molar-refractivity contribution is 7.99. The lowest BCUT2D eigenvalue weighted by Crippen LogP contribution is -2.24. The minimum Gasteiger partial charge on any atom is -0.302 e. The van der Waals surface area contributed by atoms with Crippen molar-refractivity contribution in [1.29, 1.82) is 0 Å². The maximum absolute atomic E-state index is 9.93. The molecule has 1 aliphatic heterocycles. The molecule has 7 heavy (non-hydrogen) atoms. The van der Waals surface area contributed by atoms with Crippen molar-refractivity contribution in [3.63, 3.8) is 0 Å². The molecule has 0 aromatic carbocycles. The van der Waals surface area contributed by atoms with E-state index in [1.807, 2.05) is 0 Å². The minimum atomic E-state index is 0.130. The standard InChI is InChI=1S/C4H7NOS/c6-1-4-2-7-3-5-4/h1,4-5H,2-3H2/t4-/m0/s1. The summed E-state index contributed by atoms with van der Waals surface area (Å²) in [6.45, 7) is 0. The maximum atomic E-state index is 9.93. The van der Waals surface area contributed by atoms with E-state index in [0.717, 1.165) is 17.9 Å². The number of thioether (sulfide) groups is 1. The minimum absolute atomic E-state index is 0.130. The van der Waals surface area contributed by atoms with Gasteiger partial charge in [-0.15, -0.1) is 11.8 Å². The summed E-state index contributed by atoms with van der Waals surface area (Å²) < 4.78 is 0. The maximum Gasteiger partial charge on any atom is 0.137 e. The Morgan fingerprint density at radius 1 is 1.86 bits per heavy atom. The summed E-state index contributed by atoms with van der Waals surface area (Å²) in [6.07, 6.45) is 0.958. The van der Waals surface area contributed by atoms with E-state index in [0.29, 0.717) is 0 Å². The first-order valence-corrected chi connectivity index (χ1v) is 3.35. The van der Waals surface area contributed by atoms with E-state index >= 15 is 0 Å². The van der Waals surface area contributed by atoms with E-state index in [1.54, 1.807) is 11.8 Å². The molecule has 1 rings (SSSR count). The molecule has 1 atom stereocenters. The van der Waals surface area contributed by atoms with Crippen molar-refractivity contribution in [1.82, 2.24) is 5.32 Å². The summed E-state index contributed by atoms with van der Waals surface area (Å²) >= 11 is 1.76. The van der Waals surface area contributed by atoms with Crippen LogP contribution in [0.25, 0.3) is 0 Å². The van der Waals surface area contributed by atoms with Crippen LogP contribution in [0.4, 0.5) is 0 Å². The van der Waals surface area contributed by atoms with Crippen LogP contribution >= 0.6 is 11.8 Å². The van der Waals surface area contributed by atoms with E-state index in [4.69, 9.17) is 0 Å². The molecule has 1 N–H and O–H groups in total. The van der Waals surface area contributed by atoms with Gasteiger partial charge in [-0.05, 0) is 0 Å². The fourth-order valence-corrected chi connectivity index (χ4v) is 1.40. The molecule has 0 spiro atoms. The van der Waals surface area contributed by atoms with Gasteiger partial charge in [0.15, 0.2) is 0 Å². The Kier molecular flexibility index (Phi) is 1.70. The van der Waals surface area contributed by atoms with Crippen molar-refractivity contribution in [3.05, 3.63) is 0 Å². The van der Waals surface area contributed by atoms with Crippen molar-refractivity contribution < 1.29 is 4.79 Å². The van der Waals surface area contributed by atoms with Gasteiger partial charge in [0, 0.05) is 11.6 Å². The van der Waals surface area contributed by atoms with Crippen molar-refractivity contribution in [2.45, 2.75) is 6.04 Å². The zero-order valence-electron chi connectivity index (χ0n) is 3.89. The van der Waals surface area contributed by atoms with E-state index in [9.17, 15) is 4.79 Å². The number of carbonyl (C=O) groups excluding carboxylic acids is 1. The highest BCUT2D eigenvalue weighted by atomic mass is 32.2. The van der Waals surface area contributed by atoms with Crippen LogP contribution in [0, 0.1) is 0 Å². The van der Waals surface area contributed by atoms with E-state index in [2.05, 4.69) is 5.32 Å². The fourth-order valence-electron chi connectivity index (χ4n) is 0.498. The lowest BCUT2D eigenvalue weighted by molar-refractivity contribution is -0.108. The Morgan fingerprint density at radius 2 is 2.71 bits per heavy atom. The molecule has 1 heterocycles. The fraction of sp³-hybridized carbons (Fsp3) is 0.750. The van der Waals surface area contributed by atoms with Crippen LogP contribution in [0.2, 0.25) is 0 Å². The zero-order valence-corrected chi connectivity index (χ0v) is 4.70. The average molecular weight is 117 g/mol. The van der Waals surface area contributed by atoms with E-state index in [-0.39, 0.29) is 6.04 Å². The monoisotopic (exact) mass is 117 g/mol. The Bertz CT molecular complexity index is 70.1. The zero-order chi connectivity index (χ0) is 5.11. The number of hydrogen-bond donors (Lipinski definition) is 1. The van der Waals surface area contributed by atoms with Crippen LogP contribution < -0.4 is 5.32 Å². The van der Waals surface area contributed by atoms with E-state index < -0.39 is 0 Å². The predicted octanol–water partition coefficient (Wildman–Crippen LogP) is -0.152. The topological polar surface area (TPSA) is 29.1 Å². The van der Waals surface area contributed by atoms with Gasteiger partial charge >= 0.3 is 0 Å². The molecule has 0 unspecified atom stereocenters. The van der Waals surface area contributed by atoms with Crippen molar-refractivity contribution in [2.24, 2.45) is 0 Å². The summed E-state index contributed by atoms with van der Waals surface area (Å²) in [7, 11) is 0. The molecule has 0 radical (unpaired) electrons. The second-order valence-corrected chi connectivity index (χ2v) is 2.49. The number of nitrogens with one attached hydrogen (secondary N) is 1. The van der Waals surface area contributed by atoms with Crippen molar-refractivity contribution in [3.8, 4) is 0 Å². The third-order valence-electron chi connectivity index (χ3n) is 0.909. The molecular formula is C4H7NOS. The molecule has 3 heteroatoms. The Labute approximate surface area is 46.7 Å². The Hall–Kier alpha value is -0.0200. The number of carbonyl (C=O) groups is 1. The summed E-state index contributed by atoms with van der Waals surface area (Å²) in [5.74, 6) is 1.88. The molecule has 1 aliphatic rings. The van der Waals surface area contributed by atoms with Gasteiger partial charge in [0.1, 0.15) is 6.29 Å². The smallest absolute Gasteiger partial charge is 0.137 e. The number of rotatable bonds is 1. The molecule has 2 nitrogen and oxygen atoms in total. The SMILES string of the molecule is O=C[C@H]1CSCN1. The molecule has 0 aliphatic carbocycles. The molecule has 0 saturated carbocycles. The molecular weight excluding hydrogens is 110 g/mol. The van der Waals surface area contributed by atoms with Crippen LogP contribution in [0.5, 0.6) is 0 Å². The number of aldehydes is 1. The lowest BCUT2D eigenvalue weighted by atomic mass is 10.4. The molecule has 0 aromatic rings. The molecule has 1 fully saturated rings. The van der Waals surface area contributed by atoms with Crippen LogP contribution in [-0.4, -0.2) is 24.0 Å². The van der Waals surface area contributed by atoms with Gasteiger partial charge in [-0.3, -0.25) is 5.32 Å². The first kappa shape index (κ1) is 5.12. The van der Waals surface area contributed by atoms with Gasteiger partial charge in [0.25, 0.3) is 0 Å². The van der Waals surface area contributed by atoms with Crippen molar-refractivity contribution in [2.75, 3.05) is 11.6 Å². The van der Waals surface area contributed by atoms with Crippen LogP contribution in [-0.2, 0) is 4.79 Å². The summed E-state index contributed by atoms with van der Waals surface area (Å²) in [5.41, 5.74) is 0. The summed E-state index contributed by atoms with van der Waals surface area (Å²) in [4.78, 5) is 9.93. The van der Waals surface area contributed by atoms with Gasteiger partial charge in [0.2, 0.25) is 0 Å². The first-order chi connectivity index (χ1) is 3.43. The van der Waals surface area contributed by atoms with Crippen molar-refractivity contribution >= 4 is 18.0 Å². The lowest BCUT2D eigenvalue weighted by Gasteiger charge is -1.92. The first-order valence-electron chi connectivity index (χ1n) is 2.20. The van der Waals surface area contributed by atoms with Gasteiger partial charge in [-0.2, -0.15) is 0 Å². The Balaban J connectivity index is 2.26. The third-order valence-corrected chi connectivity index (χ3v) is 1.87. The van der Waals surface area contributed by atoms with Gasteiger partial charge in [-0.25, -0.2) is 0 Å². The molecule has 0 aromatic heterocycles. The summed E-state index contributed by atoms with van der Waals surface area (Å²) in [6, 6.07) is 0.130. The Morgan fingerprint density at radius 3 is 3.00 bits per heavy atom. The molecule has 1 saturated heterocycles. The number of hydrogen-bond acceptors (Lipinski definition) is 3. The van der Waals surface area contributed by atoms with E-state index in [1.165, 1.54) is 0 Å².